The summed E-state index contributed by atoms with van der Waals surface area (Å²) in [7, 11) is 0. The molecule has 128 valence electrons. The third kappa shape index (κ3) is 6.88. The van der Waals surface area contributed by atoms with E-state index in [1.54, 1.807) is 6.92 Å². The number of phenolic OH excluding ortho intramolecular Hbond substituents is 1. The lowest BCUT2D eigenvalue weighted by Crippen LogP contribution is -2.29. The molecule has 0 saturated carbocycles. The van der Waals surface area contributed by atoms with Crippen molar-refractivity contribution in [3.8, 4) is 5.75 Å². The van der Waals surface area contributed by atoms with Crippen LogP contribution in [0.4, 0.5) is 10.5 Å². The van der Waals surface area contributed by atoms with E-state index in [0.29, 0.717) is 18.5 Å². The molecule has 1 rings (SSSR count). The summed E-state index contributed by atoms with van der Waals surface area (Å²) in [6.07, 6.45) is -0.206. The number of aliphatic hydroxyl groups is 1. The van der Waals surface area contributed by atoms with Crippen LogP contribution >= 0.6 is 0 Å². The molecular formula is C15H22N2O6. The van der Waals surface area contributed by atoms with Gasteiger partial charge in [-0.1, -0.05) is 0 Å². The standard InChI is InChI=1S/C15H22N2O6/c1-10(5-7-18)23-15(21)17-6-2-8-22-14(20)12-9-11(16)3-4-13(12)19/h3-4,9-10,18-19H,2,5-8,16H2,1H3,(H,17,21). The number of rotatable bonds is 8. The van der Waals surface area contributed by atoms with Crippen LogP contribution in [0.25, 0.3) is 0 Å². The van der Waals surface area contributed by atoms with Crippen LogP contribution in [0.15, 0.2) is 18.2 Å². The highest BCUT2D eigenvalue weighted by Crippen LogP contribution is 2.20. The van der Waals surface area contributed by atoms with E-state index >= 15 is 0 Å². The van der Waals surface area contributed by atoms with Crippen LogP contribution in [0, 0.1) is 0 Å². The predicted octanol–water partition coefficient (Wildman–Crippen LogP) is 1.02. The molecule has 0 aromatic heterocycles. The van der Waals surface area contributed by atoms with Crippen LogP contribution in [0.1, 0.15) is 30.1 Å². The van der Waals surface area contributed by atoms with Gasteiger partial charge >= 0.3 is 12.1 Å². The number of nitrogens with one attached hydrogen (secondary N) is 1. The number of ether oxygens (including phenoxy) is 2. The fourth-order valence-electron chi connectivity index (χ4n) is 1.69. The van der Waals surface area contributed by atoms with E-state index < -0.39 is 12.1 Å². The minimum absolute atomic E-state index is 0.00445. The van der Waals surface area contributed by atoms with Gasteiger partial charge in [0.1, 0.15) is 17.4 Å². The zero-order valence-electron chi connectivity index (χ0n) is 12.9. The highest BCUT2D eigenvalue weighted by Gasteiger charge is 2.13. The smallest absolute Gasteiger partial charge is 0.407 e. The van der Waals surface area contributed by atoms with Gasteiger partial charge in [-0.25, -0.2) is 9.59 Å². The lowest BCUT2D eigenvalue weighted by molar-refractivity contribution is 0.0496. The maximum absolute atomic E-state index is 11.8. The van der Waals surface area contributed by atoms with Gasteiger partial charge in [0, 0.05) is 25.3 Å². The van der Waals surface area contributed by atoms with Gasteiger partial charge in [0.25, 0.3) is 0 Å². The molecule has 0 aliphatic carbocycles. The SMILES string of the molecule is CC(CCO)OC(=O)NCCCOC(=O)c1cc(N)ccc1O. The largest absolute Gasteiger partial charge is 0.507 e. The Morgan fingerprint density at radius 1 is 1.39 bits per heavy atom. The molecule has 5 N–H and O–H groups in total. The second-order valence-corrected chi connectivity index (χ2v) is 4.92. The molecule has 8 heteroatoms. The minimum Gasteiger partial charge on any atom is -0.507 e. The normalized spacial score (nSPS) is 11.6. The van der Waals surface area contributed by atoms with Crippen molar-refractivity contribution < 1.29 is 29.3 Å². The van der Waals surface area contributed by atoms with Crippen LogP contribution in [-0.2, 0) is 9.47 Å². The molecule has 0 saturated heterocycles. The Morgan fingerprint density at radius 2 is 2.13 bits per heavy atom. The summed E-state index contributed by atoms with van der Waals surface area (Å²) >= 11 is 0. The third-order valence-electron chi connectivity index (χ3n) is 2.91. The number of aromatic hydroxyl groups is 1. The lowest BCUT2D eigenvalue weighted by Gasteiger charge is -2.12. The zero-order chi connectivity index (χ0) is 17.2. The average Bonchev–Trinajstić information content (AvgIpc) is 2.49. The topological polar surface area (TPSA) is 131 Å². The number of amides is 1. The minimum atomic E-state index is -0.686. The fraction of sp³-hybridized carbons (Fsp3) is 0.467. The van der Waals surface area contributed by atoms with Crippen LogP contribution in [0.5, 0.6) is 5.75 Å². The number of hydrogen-bond donors (Lipinski definition) is 4. The van der Waals surface area contributed by atoms with Gasteiger partial charge in [-0.05, 0) is 31.5 Å². The van der Waals surface area contributed by atoms with Crippen molar-refractivity contribution in [1.29, 1.82) is 0 Å². The van der Waals surface area contributed by atoms with E-state index in [1.807, 2.05) is 0 Å². The molecule has 0 fully saturated rings. The molecule has 0 aliphatic heterocycles. The number of hydrogen-bond acceptors (Lipinski definition) is 7. The van der Waals surface area contributed by atoms with Crippen molar-refractivity contribution in [3.05, 3.63) is 23.8 Å². The maximum Gasteiger partial charge on any atom is 0.407 e. The van der Waals surface area contributed by atoms with Gasteiger partial charge in [-0.15, -0.1) is 0 Å². The molecule has 0 radical (unpaired) electrons. The number of alkyl carbamates (subject to hydrolysis) is 1. The highest BCUT2D eigenvalue weighted by molar-refractivity contribution is 5.93. The number of phenols is 1. The van der Waals surface area contributed by atoms with Crippen molar-refractivity contribution in [2.75, 3.05) is 25.5 Å². The molecule has 23 heavy (non-hydrogen) atoms. The Morgan fingerprint density at radius 3 is 2.83 bits per heavy atom. The van der Waals surface area contributed by atoms with E-state index in [9.17, 15) is 14.7 Å². The van der Waals surface area contributed by atoms with Gasteiger partial charge in [0.05, 0.1) is 6.61 Å². The van der Waals surface area contributed by atoms with E-state index in [4.69, 9.17) is 20.3 Å². The molecule has 0 heterocycles. The van der Waals surface area contributed by atoms with Crippen molar-refractivity contribution in [1.82, 2.24) is 5.32 Å². The molecular weight excluding hydrogens is 304 g/mol. The maximum atomic E-state index is 11.8. The molecule has 0 aliphatic rings. The van der Waals surface area contributed by atoms with E-state index in [0.717, 1.165) is 0 Å². The molecule has 1 aromatic rings. The van der Waals surface area contributed by atoms with Crippen molar-refractivity contribution >= 4 is 17.7 Å². The molecule has 0 bridgehead atoms. The first-order valence-electron chi connectivity index (χ1n) is 7.25. The number of carbonyl (C=O) groups is 2. The van der Waals surface area contributed by atoms with E-state index in [2.05, 4.69) is 5.32 Å². The summed E-state index contributed by atoms with van der Waals surface area (Å²) in [5.74, 6) is -0.891. The van der Waals surface area contributed by atoms with Gasteiger partial charge in [0.2, 0.25) is 0 Å². The summed E-state index contributed by atoms with van der Waals surface area (Å²) in [4.78, 5) is 23.1. The molecule has 0 spiro atoms. The van der Waals surface area contributed by atoms with Crippen LogP contribution in [-0.4, -0.2) is 48.1 Å². The number of aliphatic hydroxyl groups excluding tert-OH is 1. The van der Waals surface area contributed by atoms with E-state index in [-0.39, 0.29) is 37.2 Å². The fourth-order valence-corrected chi connectivity index (χ4v) is 1.69. The van der Waals surface area contributed by atoms with Gasteiger partial charge < -0.3 is 30.7 Å². The summed E-state index contributed by atoms with van der Waals surface area (Å²) in [5.41, 5.74) is 5.88. The van der Waals surface area contributed by atoms with Gasteiger partial charge in [-0.3, -0.25) is 0 Å². The predicted molar refractivity (Wildman–Crippen MR) is 83.1 cm³/mol. The molecule has 1 aromatic carbocycles. The number of esters is 1. The number of nitrogen functional groups attached to an aromatic ring is 1. The Hall–Kier alpha value is -2.48. The van der Waals surface area contributed by atoms with E-state index in [1.165, 1.54) is 18.2 Å². The molecule has 1 atom stereocenters. The highest BCUT2D eigenvalue weighted by atomic mass is 16.6. The van der Waals surface area contributed by atoms with Crippen molar-refractivity contribution in [3.63, 3.8) is 0 Å². The second-order valence-electron chi connectivity index (χ2n) is 4.92. The van der Waals surface area contributed by atoms with Crippen molar-refractivity contribution in [2.24, 2.45) is 0 Å². The number of benzene rings is 1. The van der Waals surface area contributed by atoms with Gasteiger partial charge in [-0.2, -0.15) is 0 Å². The first-order chi connectivity index (χ1) is 10.9. The summed E-state index contributed by atoms with van der Waals surface area (Å²) < 4.78 is 9.94. The quantitative estimate of drug-likeness (QED) is 0.243. The van der Waals surface area contributed by atoms with Crippen LogP contribution in [0.3, 0.4) is 0 Å². The number of carbonyl (C=O) groups excluding carboxylic acids is 2. The zero-order valence-corrected chi connectivity index (χ0v) is 12.9. The summed E-state index contributed by atoms with van der Waals surface area (Å²) in [6.45, 7) is 1.96. The molecule has 1 amide bonds. The Labute approximate surface area is 134 Å². The first-order valence-corrected chi connectivity index (χ1v) is 7.25. The van der Waals surface area contributed by atoms with Crippen LogP contribution in [0.2, 0.25) is 0 Å². The summed E-state index contributed by atoms with van der Waals surface area (Å²) in [6, 6.07) is 4.12. The molecule has 8 nitrogen and oxygen atoms in total. The Bertz CT molecular complexity index is 535. The second kappa shape index (κ2) is 9.52. The Kier molecular flexibility index (Phi) is 7.69. The van der Waals surface area contributed by atoms with Crippen LogP contribution < -0.4 is 11.1 Å². The van der Waals surface area contributed by atoms with Crippen molar-refractivity contribution in [2.45, 2.75) is 25.9 Å². The Balaban J connectivity index is 2.23. The lowest BCUT2D eigenvalue weighted by atomic mass is 10.2. The first kappa shape index (κ1) is 18.6. The monoisotopic (exact) mass is 326 g/mol. The summed E-state index contributed by atoms with van der Waals surface area (Å²) in [5, 5.41) is 20.8. The third-order valence-corrected chi connectivity index (χ3v) is 2.91. The van der Waals surface area contributed by atoms with Gasteiger partial charge in [0.15, 0.2) is 0 Å². The number of nitrogens with two attached hydrogens (primary N) is 1. The molecule has 1 unspecified atom stereocenters. The number of anilines is 1. The average molecular weight is 326 g/mol.